The summed E-state index contributed by atoms with van der Waals surface area (Å²) in [5, 5.41) is 0. The fraction of sp³-hybridized carbons (Fsp3) is 0. The van der Waals surface area contributed by atoms with Crippen LogP contribution in [0.1, 0.15) is 0 Å². The Morgan fingerprint density at radius 1 is 0.471 bits per heavy atom. The molecule has 0 radical (unpaired) electrons. The van der Waals surface area contributed by atoms with E-state index in [1.807, 2.05) is 0 Å². The van der Waals surface area contributed by atoms with Crippen LogP contribution in [-0.2, 0) is 4.57 Å². The predicted octanol–water partition coefficient (Wildman–Crippen LogP) is -15.2. The fourth-order valence-corrected chi connectivity index (χ4v) is 0. The van der Waals surface area contributed by atoms with Crippen LogP contribution in [-0.4, -0.2) is 69.4 Å². The van der Waals surface area contributed by atoms with Crippen molar-refractivity contribution < 1.29 is 133 Å². The molecule has 0 saturated heterocycles. The van der Waals surface area contributed by atoms with Crippen molar-refractivity contribution in [3.8, 4) is 0 Å². The van der Waals surface area contributed by atoms with Gasteiger partial charge in [0.2, 0.25) is 0 Å². The van der Waals surface area contributed by atoms with E-state index in [4.69, 9.17) is 19.2 Å². The van der Waals surface area contributed by atoms with Gasteiger partial charge in [-0.3, -0.25) is 0 Å². The number of hydrogen-bond acceptors (Lipinski definition) is 1. The zero-order chi connectivity index (χ0) is 4.50. The van der Waals surface area contributed by atoms with E-state index in [0.29, 0.717) is 0 Å². The minimum Gasteiger partial charge on any atom is -0.412 e. The summed E-state index contributed by atoms with van der Waals surface area (Å²) in [4.78, 5) is 21.6. The zero-order valence-electron chi connectivity index (χ0n) is 9.20. The van der Waals surface area contributed by atoms with E-state index in [2.05, 4.69) is 0 Å². The van der Waals surface area contributed by atoms with Gasteiger partial charge in [-0.25, -0.2) is 4.57 Å². The van der Waals surface area contributed by atoms with Crippen LogP contribution in [0.5, 0.6) is 0 Å². The Hall–Kier alpha value is 1.71. The van der Waals surface area contributed by atoms with E-state index in [1.165, 1.54) is 0 Å². The van der Waals surface area contributed by atoms with Gasteiger partial charge in [-0.05, 0) is 0 Å². The van der Waals surface area contributed by atoms with E-state index in [1.54, 1.807) is 0 Å². The predicted molar refractivity (Wildman–Crippen MR) is 50.4 cm³/mol. The first-order chi connectivity index (χ1) is 2.00. The zero-order valence-corrected chi connectivity index (χ0v) is 14.1. The van der Waals surface area contributed by atoms with Crippen LogP contribution in [0, 0.1) is 0 Å². The maximum atomic E-state index is 8.88. The van der Waals surface area contributed by atoms with E-state index in [0.717, 1.165) is 0 Å². The minimum atomic E-state index is -4.64. The molecule has 17 heteroatoms. The molecule has 0 atom stereocenters. The van der Waals surface area contributed by atoms with Gasteiger partial charge in [-0.15, -0.1) is 0 Å². The second-order valence-electron chi connectivity index (χ2n) is 0.513. The topological polar surface area (TPSA) is 393 Å². The average molecular weight is 324 g/mol. The first kappa shape index (κ1) is 180. The Kier molecular flexibility index (Phi) is 881. The molecule has 0 spiro atoms. The second kappa shape index (κ2) is 83.2. The van der Waals surface area contributed by atoms with Crippen LogP contribution < -0.4 is 59.1 Å². The van der Waals surface area contributed by atoms with Crippen molar-refractivity contribution in [2.45, 2.75) is 0 Å². The van der Waals surface area contributed by atoms with Gasteiger partial charge in [0.1, 0.15) is 0 Å². The number of phosphoric acid groups is 1. The fourth-order valence-electron chi connectivity index (χ4n) is 0. The summed E-state index contributed by atoms with van der Waals surface area (Å²) in [5.41, 5.74) is 0. The van der Waals surface area contributed by atoms with Gasteiger partial charge in [-0.2, -0.15) is 0 Å². The first-order valence-corrected chi connectivity index (χ1v) is 2.35. The minimum absolute atomic E-state index is 0. The van der Waals surface area contributed by atoms with Crippen molar-refractivity contribution in [3.63, 3.8) is 0 Å². The van der Waals surface area contributed by atoms with Gasteiger partial charge in [0, 0.05) is 0 Å². The summed E-state index contributed by atoms with van der Waals surface area (Å²) in [6.45, 7) is 0. The van der Waals surface area contributed by atoms with Gasteiger partial charge in [-0.1, -0.05) is 0 Å². The van der Waals surface area contributed by atoms with Gasteiger partial charge < -0.3 is 69.4 Å². The van der Waals surface area contributed by atoms with Crippen LogP contribution in [0.3, 0.4) is 0 Å². The average Bonchev–Trinajstić information content (AvgIpc) is 0.722. The molecule has 0 heterocycles. The smallest absolute Gasteiger partial charge is 0.412 e. The van der Waals surface area contributed by atoms with Crippen LogP contribution in [0.4, 0.5) is 0 Å². The van der Waals surface area contributed by atoms with Crippen molar-refractivity contribution >= 4 is 7.82 Å². The standard InChI is InChI=1S/2Na.H3O4P.10H2O/c;;1-5(2,3)4;;;;;;;;;;/h;;(H3,1,2,3,4);10*1H2/q2*+1;;;;;;;;;;;. The van der Waals surface area contributed by atoms with Crippen molar-refractivity contribution in [2.24, 2.45) is 0 Å². The largest absolute Gasteiger partial charge is 1.00 e. The molecule has 0 unspecified atom stereocenters. The third-order valence-electron chi connectivity index (χ3n) is 0. The summed E-state index contributed by atoms with van der Waals surface area (Å²) < 4.78 is 8.88. The third kappa shape index (κ3) is 1490. The summed E-state index contributed by atoms with van der Waals surface area (Å²) in [6.07, 6.45) is 0. The Balaban J connectivity index is -0.00000000121. The van der Waals surface area contributed by atoms with E-state index < -0.39 is 7.82 Å². The SMILES string of the molecule is O.O.O.O.O.O.O.O.O.O.O=P(O)(O)O.[Na+].[Na+]. The Bertz CT molecular complexity index is 60.4. The summed E-state index contributed by atoms with van der Waals surface area (Å²) in [7, 11) is -4.64. The Morgan fingerprint density at radius 3 is 0.471 bits per heavy atom. The molecule has 14 nitrogen and oxygen atoms in total. The molecule has 0 aromatic rings. The van der Waals surface area contributed by atoms with Gasteiger partial charge in [0.05, 0.1) is 0 Å². The molecule has 23 N–H and O–H groups in total. The molecule has 0 rings (SSSR count). The van der Waals surface area contributed by atoms with E-state index in [9.17, 15) is 0 Å². The molecule has 0 fully saturated rings. The number of rotatable bonds is 0. The third-order valence-corrected chi connectivity index (χ3v) is 0. The van der Waals surface area contributed by atoms with E-state index >= 15 is 0 Å². The Labute approximate surface area is 140 Å². The van der Waals surface area contributed by atoms with Crippen molar-refractivity contribution in [2.75, 3.05) is 0 Å². The normalized spacial score (nSPS) is 3.47. The van der Waals surface area contributed by atoms with Crippen LogP contribution in [0.15, 0.2) is 0 Å². The van der Waals surface area contributed by atoms with Gasteiger partial charge >= 0.3 is 66.9 Å². The molecule has 0 amide bonds. The molecule has 0 saturated carbocycles. The van der Waals surface area contributed by atoms with E-state index in [-0.39, 0.29) is 114 Å². The quantitative estimate of drug-likeness (QED) is 0.288. The van der Waals surface area contributed by atoms with Gasteiger partial charge in [0.25, 0.3) is 0 Å². The molecule has 112 valence electrons. The van der Waals surface area contributed by atoms with Crippen LogP contribution >= 0.6 is 7.82 Å². The number of hydrogen-bond donors (Lipinski definition) is 3. The summed E-state index contributed by atoms with van der Waals surface area (Å²) in [5.74, 6) is 0. The van der Waals surface area contributed by atoms with Gasteiger partial charge in [0.15, 0.2) is 0 Å². The molecular weight excluding hydrogens is 301 g/mol. The molecule has 0 aliphatic rings. The second-order valence-corrected chi connectivity index (χ2v) is 1.54. The maximum absolute atomic E-state index is 8.88. The molecule has 0 aliphatic carbocycles. The first-order valence-electron chi connectivity index (χ1n) is 0.783. The molecule has 0 aromatic carbocycles. The summed E-state index contributed by atoms with van der Waals surface area (Å²) in [6, 6.07) is 0. The summed E-state index contributed by atoms with van der Waals surface area (Å²) >= 11 is 0. The molecule has 0 bridgehead atoms. The van der Waals surface area contributed by atoms with Crippen LogP contribution in [0.25, 0.3) is 0 Å². The maximum Gasteiger partial charge on any atom is 1.00 e. The van der Waals surface area contributed by atoms with Crippen LogP contribution in [0.2, 0.25) is 0 Å². The monoisotopic (exact) mass is 324 g/mol. The van der Waals surface area contributed by atoms with Crippen molar-refractivity contribution in [1.82, 2.24) is 0 Å². The molecular formula is H23Na2O14P+2. The molecule has 0 aromatic heterocycles. The molecule has 0 aliphatic heterocycles. The van der Waals surface area contributed by atoms with Crippen molar-refractivity contribution in [3.05, 3.63) is 0 Å². The molecule has 17 heavy (non-hydrogen) atoms. The Morgan fingerprint density at radius 2 is 0.471 bits per heavy atom. The van der Waals surface area contributed by atoms with Crippen molar-refractivity contribution in [1.29, 1.82) is 0 Å².